The molecule has 7 heteroatoms. The highest BCUT2D eigenvalue weighted by atomic mass is 32.1. The summed E-state index contributed by atoms with van der Waals surface area (Å²) < 4.78 is 10.9. The van der Waals surface area contributed by atoms with Gasteiger partial charge in [-0.1, -0.05) is 5.16 Å². The maximum absolute atomic E-state index is 12.2. The molecule has 4 rings (SSSR count). The fourth-order valence-electron chi connectivity index (χ4n) is 3.55. The van der Waals surface area contributed by atoms with Gasteiger partial charge in [-0.25, -0.2) is 0 Å². The summed E-state index contributed by atoms with van der Waals surface area (Å²) in [7, 11) is 0. The second kappa shape index (κ2) is 6.43. The lowest BCUT2D eigenvalue weighted by Crippen LogP contribution is -2.47. The molecule has 0 aliphatic carbocycles. The topological polar surface area (TPSA) is 67.6 Å². The van der Waals surface area contributed by atoms with Crippen LogP contribution in [0.1, 0.15) is 29.0 Å². The van der Waals surface area contributed by atoms with Crippen LogP contribution in [0.5, 0.6) is 0 Å². The van der Waals surface area contributed by atoms with Crippen molar-refractivity contribution in [3.8, 4) is 0 Å². The second-order valence-corrected chi connectivity index (χ2v) is 6.84. The minimum atomic E-state index is -0.224. The predicted octanol–water partition coefficient (Wildman–Crippen LogP) is 1.90. The van der Waals surface area contributed by atoms with Crippen molar-refractivity contribution in [2.75, 3.05) is 13.2 Å². The van der Waals surface area contributed by atoms with Crippen LogP contribution in [0.2, 0.25) is 0 Å². The Morgan fingerprint density at radius 1 is 1.48 bits per heavy atom. The third-order valence-electron chi connectivity index (χ3n) is 4.57. The van der Waals surface area contributed by atoms with Crippen LogP contribution in [-0.4, -0.2) is 47.3 Å². The average Bonchev–Trinajstić information content (AvgIpc) is 3.30. The summed E-state index contributed by atoms with van der Waals surface area (Å²) in [6.45, 7) is 2.47. The van der Waals surface area contributed by atoms with Crippen LogP contribution >= 0.6 is 11.3 Å². The highest BCUT2D eigenvalue weighted by molar-refractivity contribution is 7.07. The number of amides is 1. The molecule has 122 valence electrons. The van der Waals surface area contributed by atoms with Gasteiger partial charge in [0, 0.05) is 31.8 Å². The monoisotopic (exact) mass is 333 g/mol. The van der Waals surface area contributed by atoms with E-state index in [1.807, 2.05) is 0 Å². The first-order valence-corrected chi connectivity index (χ1v) is 8.84. The van der Waals surface area contributed by atoms with Crippen molar-refractivity contribution in [1.82, 2.24) is 15.4 Å². The van der Waals surface area contributed by atoms with E-state index in [4.69, 9.17) is 9.26 Å². The zero-order valence-electron chi connectivity index (χ0n) is 12.7. The fraction of sp³-hybridized carbons (Fsp3) is 0.500. The summed E-state index contributed by atoms with van der Waals surface area (Å²) in [6, 6.07) is 4.08. The summed E-state index contributed by atoms with van der Waals surface area (Å²) in [5.41, 5.74) is 1.32. The van der Waals surface area contributed by atoms with Crippen molar-refractivity contribution in [3.63, 3.8) is 0 Å². The molecule has 1 amide bonds. The number of hydrogen-bond acceptors (Lipinski definition) is 6. The third-order valence-corrected chi connectivity index (χ3v) is 5.31. The van der Waals surface area contributed by atoms with Crippen molar-refractivity contribution >= 4 is 17.2 Å². The Bertz CT molecular complexity index is 644. The summed E-state index contributed by atoms with van der Waals surface area (Å²) >= 11 is 1.72. The molecule has 1 N–H and O–H groups in total. The Morgan fingerprint density at radius 2 is 2.43 bits per heavy atom. The molecule has 3 atom stereocenters. The van der Waals surface area contributed by atoms with Crippen molar-refractivity contribution in [2.45, 2.75) is 37.6 Å². The Labute approximate surface area is 138 Å². The van der Waals surface area contributed by atoms with Crippen LogP contribution in [0.4, 0.5) is 0 Å². The van der Waals surface area contributed by atoms with Crippen molar-refractivity contribution < 1.29 is 14.1 Å². The van der Waals surface area contributed by atoms with Gasteiger partial charge in [0.25, 0.3) is 5.91 Å². The fourth-order valence-corrected chi connectivity index (χ4v) is 4.21. The molecule has 2 aromatic heterocycles. The van der Waals surface area contributed by atoms with Gasteiger partial charge in [-0.2, -0.15) is 11.3 Å². The van der Waals surface area contributed by atoms with E-state index < -0.39 is 0 Å². The minimum absolute atomic E-state index is 0.0171. The number of ether oxygens (including phenoxy) is 1. The number of thiophene rings is 1. The van der Waals surface area contributed by atoms with Crippen LogP contribution in [0.25, 0.3) is 0 Å². The molecule has 4 heterocycles. The maximum Gasteiger partial charge on any atom is 0.290 e. The predicted molar refractivity (Wildman–Crippen MR) is 85.2 cm³/mol. The average molecular weight is 333 g/mol. The van der Waals surface area contributed by atoms with Crippen LogP contribution in [0.3, 0.4) is 0 Å². The van der Waals surface area contributed by atoms with E-state index in [2.05, 4.69) is 32.2 Å². The molecule has 0 bridgehead atoms. The molecular weight excluding hydrogens is 314 g/mol. The Kier molecular flexibility index (Phi) is 4.15. The van der Waals surface area contributed by atoms with Crippen LogP contribution < -0.4 is 5.32 Å². The Morgan fingerprint density at radius 3 is 3.22 bits per heavy atom. The van der Waals surface area contributed by atoms with E-state index in [1.54, 1.807) is 17.4 Å². The summed E-state index contributed by atoms with van der Waals surface area (Å²) in [5.74, 6) is 0.0199. The second-order valence-electron chi connectivity index (χ2n) is 6.06. The number of rotatable bonds is 4. The molecule has 0 saturated carbocycles. The van der Waals surface area contributed by atoms with Gasteiger partial charge in [0.2, 0.25) is 5.76 Å². The molecule has 0 unspecified atom stereocenters. The van der Waals surface area contributed by atoms with Crippen LogP contribution in [-0.2, 0) is 11.3 Å². The maximum atomic E-state index is 12.2. The first-order chi connectivity index (χ1) is 11.3. The molecule has 6 nitrogen and oxygen atoms in total. The molecule has 2 aromatic rings. The summed E-state index contributed by atoms with van der Waals surface area (Å²) in [6.07, 6.45) is 3.72. The van der Waals surface area contributed by atoms with E-state index in [9.17, 15) is 4.79 Å². The molecule has 0 aromatic carbocycles. The molecule has 2 saturated heterocycles. The summed E-state index contributed by atoms with van der Waals surface area (Å²) in [4.78, 5) is 14.7. The van der Waals surface area contributed by atoms with Gasteiger partial charge in [0.1, 0.15) is 0 Å². The first-order valence-electron chi connectivity index (χ1n) is 7.89. The third kappa shape index (κ3) is 3.04. The van der Waals surface area contributed by atoms with Crippen LogP contribution in [0.15, 0.2) is 33.6 Å². The van der Waals surface area contributed by atoms with Gasteiger partial charge in [0.15, 0.2) is 0 Å². The van der Waals surface area contributed by atoms with Gasteiger partial charge < -0.3 is 14.6 Å². The van der Waals surface area contributed by atoms with Crippen molar-refractivity contribution in [3.05, 3.63) is 40.4 Å². The van der Waals surface area contributed by atoms with E-state index >= 15 is 0 Å². The number of carbonyl (C=O) groups excluding carboxylic acids is 1. The highest BCUT2D eigenvalue weighted by Crippen LogP contribution is 2.30. The van der Waals surface area contributed by atoms with Gasteiger partial charge in [0.05, 0.1) is 18.3 Å². The lowest BCUT2D eigenvalue weighted by Gasteiger charge is -2.32. The normalized spacial score (nSPS) is 27.7. The molecule has 23 heavy (non-hydrogen) atoms. The van der Waals surface area contributed by atoms with Gasteiger partial charge >= 0.3 is 0 Å². The van der Waals surface area contributed by atoms with Gasteiger partial charge in [-0.15, -0.1) is 0 Å². The lowest BCUT2D eigenvalue weighted by molar-refractivity contribution is -0.0212. The number of carbonyl (C=O) groups is 1. The molecule has 2 aliphatic heterocycles. The quantitative estimate of drug-likeness (QED) is 0.925. The standard InChI is InChI=1S/C16H19N3O3S/c20-16(14-3-5-17-22-14)18-12-9-19(8-11-4-7-23-10-11)13-2-1-6-21-15(12)13/h3-5,7,10,12-13,15H,1-2,6,8-9H2,(H,18,20)/t12-,13+,15+/m1/s1. The van der Waals surface area contributed by atoms with E-state index in [0.717, 1.165) is 32.5 Å². The van der Waals surface area contributed by atoms with E-state index in [0.29, 0.717) is 6.04 Å². The molecule has 2 fully saturated rings. The van der Waals surface area contributed by atoms with Crippen molar-refractivity contribution in [1.29, 1.82) is 0 Å². The number of likely N-dealkylation sites (tertiary alicyclic amines) is 1. The van der Waals surface area contributed by atoms with Crippen molar-refractivity contribution in [2.24, 2.45) is 0 Å². The molecular formula is C16H19N3O3S. The van der Waals surface area contributed by atoms with E-state index in [1.165, 1.54) is 11.8 Å². The number of aromatic nitrogens is 1. The van der Waals surface area contributed by atoms with Gasteiger partial charge in [-0.3, -0.25) is 9.69 Å². The molecule has 2 aliphatic rings. The Balaban J connectivity index is 1.47. The largest absolute Gasteiger partial charge is 0.374 e. The highest BCUT2D eigenvalue weighted by Gasteiger charge is 2.44. The van der Waals surface area contributed by atoms with Gasteiger partial charge in [-0.05, 0) is 35.2 Å². The smallest absolute Gasteiger partial charge is 0.290 e. The Hall–Kier alpha value is -1.70. The number of fused-ring (bicyclic) bond motifs is 1. The zero-order valence-corrected chi connectivity index (χ0v) is 13.5. The number of nitrogens with zero attached hydrogens (tertiary/aromatic N) is 2. The number of hydrogen-bond donors (Lipinski definition) is 1. The summed E-state index contributed by atoms with van der Waals surface area (Å²) in [5, 5.41) is 10.9. The van der Waals surface area contributed by atoms with E-state index in [-0.39, 0.29) is 23.8 Å². The molecule has 0 spiro atoms. The SMILES string of the molecule is O=C(N[C@@H]1CN(Cc2ccsc2)[C@H]2CCCO[C@@H]12)c1ccno1. The lowest BCUT2D eigenvalue weighted by atomic mass is 10.0. The first kappa shape index (κ1) is 14.9. The van der Waals surface area contributed by atoms with Crippen LogP contribution in [0, 0.1) is 0 Å². The number of nitrogens with one attached hydrogen (secondary N) is 1. The molecule has 0 radical (unpaired) electrons. The minimum Gasteiger partial charge on any atom is -0.374 e. The zero-order chi connectivity index (χ0) is 15.6.